The summed E-state index contributed by atoms with van der Waals surface area (Å²) in [5.41, 5.74) is 1.89. The van der Waals surface area contributed by atoms with Gasteiger partial charge < -0.3 is 29.7 Å². The number of rotatable bonds is 14. The molecule has 352 valence electrons. The average molecular weight is 1150 g/mol. The van der Waals surface area contributed by atoms with Gasteiger partial charge in [0.15, 0.2) is 0 Å². The maximum Gasteiger partial charge on any atom is 0.264 e. The molecule has 1 aliphatic carbocycles. The molecule has 3 N–H and O–H groups in total. The molecule has 0 bridgehead atoms. The lowest BCUT2D eigenvalue weighted by Gasteiger charge is -2.39. The van der Waals surface area contributed by atoms with E-state index in [9.17, 15) is 23.4 Å². The highest BCUT2D eigenvalue weighted by Crippen LogP contribution is 2.50. The van der Waals surface area contributed by atoms with Gasteiger partial charge in [-0.1, -0.05) is 38.7 Å². The van der Waals surface area contributed by atoms with Crippen molar-refractivity contribution in [1.82, 2.24) is 10.2 Å². The first-order chi connectivity index (χ1) is 28.5. The fourth-order valence-corrected chi connectivity index (χ4v) is 9.96. The molecule has 4 rings (SSSR count). The Balaban J connectivity index is 0.000000617. The van der Waals surface area contributed by atoms with Crippen molar-refractivity contribution in [2.24, 2.45) is 0 Å². The Kier molecular flexibility index (Phi) is 25.1. The zero-order valence-electron chi connectivity index (χ0n) is 38.4. The molecule has 0 radical (unpaired) electrons. The molecule has 2 aromatic carbocycles. The van der Waals surface area contributed by atoms with E-state index in [1.807, 2.05) is 27.7 Å². The number of hydrogen-bond donors (Lipinski definition) is 3. The normalized spacial score (nSPS) is 16.0. The molecule has 0 aromatic heterocycles. The first-order valence-electron chi connectivity index (χ1n) is 20.7. The van der Waals surface area contributed by atoms with Crippen molar-refractivity contribution in [3.05, 3.63) is 65.9 Å². The van der Waals surface area contributed by atoms with Gasteiger partial charge in [-0.05, 0) is 187 Å². The molecule has 2 aliphatic rings. The Bertz CT molecular complexity index is 1830. The van der Waals surface area contributed by atoms with Gasteiger partial charge in [0.25, 0.3) is 10.1 Å². The summed E-state index contributed by atoms with van der Waals surface area (Å²) in [6.45, 7) is 26.1. The smallest absolute Gasteiger partial charge is 0.264 e. The third-order valence-corrected chi connectivity index (χ3v) is 12.3. The van der Waals surface area contributed by atoms with E-state index >= 15 is 0 Å². The van der Waals surface area contributed by atoms with Crippen LogP contribution in [-0.2, 0) is 29.2 Å². The number of aliphatic hydroxyl groups is 2. The summed E-state index contributed by atoms with van der Waals surface area (Å²) in [5.74, 6) is 3.58. The highest BCUT2D eigenvalue weighted by atomic mass is 79.9. The second kappa shape index (κ2) is 26.6. The molecule has 2 atom stereocenters. The number of benzene rings is 2. The van der Waals surface area contributed by atoms with Gasteiger partial charge >= 0.3 is 0 Å². The number of nitrogens with one attached hydrogen (secondary N) is 1. The Hall–Kier alpha value is -1.52. The van der Waals surface area contributed by atoms with Gasteiger partial charge in [0.05, 0.1) is 42.5 Å². The molecular weight excluding hydrogens is 1080 g/mol. The van der Waals surface area contributed by atoms with Crippen molar-refractivity contribution < 1.29 is 41.8 Å². The zero-order chi connectivity index (χ0) is 47.7. The summed E-state index contributed by atoms with van der Waals surface area (Å²) in [4.78, 5) is 13.0. The van der Waals surface area contributed by atoms with Crippen molar-refractivity contribution in [3.63, 3.8) is 0 Å². The summed E-state index contributed by atoms with van der Waals surface area (Å²) in [6.07, 6.45) is 12.3. The molecule has 1 saturated heterocycles. The van der Waals surface area contributed by atoms with Crippen molar-refractivity contribution in [2.45, 2.75) is 142 Å². The lowest BCUT2D eigenvalue weighted by atomic mass is 9.65. The van der Waals surface area contributed by atoms with E-state index in [-0.39, 0.29) is 43.3 Å². The number of aliphatic hydroxyl groups excluding tert-OH is 2. The number of amides is 1. The quantitative estimate of drug-likeness (QED) is 0.0550. The van der Waals surface area contributed by atoms with E-state index < -0.39 is 27.9 Å². The molecule has 2 aromatic rings. The minimum atomic E-state index is -3.28. The van der Waals surface area contributed by atoms with Crippen LogP contribution in [0.3, 0.4) is 0 Å². The van der Waals surface area contributed by atoms with E-state index in [0.717, 1.165) is 49.8 Å². The molecule has 1 aliphatic heterocycles. The molecule has 2 fully saturated rings. The van der Waals surface area contributed by atoms with E-state index in [1.54, 1.807) is 20.8 Å². The fraction of sp³-hybridized carbons (Fsp3) is 0.630. The van der Waals surface area contributed by atoms with Crippen LogP contribution in [0.5, 0.6) is 11.5 Å². The minimum Gasteiger partial charge on any atom is -0.489 e. The number of ether oxygens (including phenoxy) is 3. The van der Waals surface area contributed by atoms with Crippen LogP contribution in [0.1, 0.15) is 119 Å². The molecular formula is C46H70Br4N2O9S. The van der Waals surface area contributed by atoms with Crippen LogP contribution in [0.15, 0.2) is 54.8 Å². The number of carbonyl (C=O) groups is 1. The molecule has 11 nitrogen and oxygen atoms in total. The number of hydrogen-bond acceptors (Lipinski definition) is 10. The van der Waals surface area contributed by atoms with Crippen molar-refractivity contribution >= 4 is 79.7 Å². The highest BCUT2D eigenvalue weighted by molar-refractivity contribution is 9.11. The van der Waals surface area contributed by atoms with Crippen LogP contribution in [-0.4, -0.2) is 104 Å². The van der Waals surface area contributed by atoms with Crippen LogP contribution in [0.4, 0.5) is 0 Å². The summed E-state index contributed by atoms with van der Waals surface area (Å²) < 4.78 is 45.8. The highest BCUT2D eigenvalue weighted by Gasteiger charge is 2.38. The van der Waals surface area contributed by atoms with Gasteiger partial charge in [-0.15, -0.1) is 6.42 Å². The van der Waals surface area contributed by atoms with E-state index in [2.05, 4.69) is 136 Å². The van der Waals surface area contributed by atoms with Gasteiger partial charge in [-0.3, -0.25) is 13.9 Å². The predicted octanol–water partition coefficient (Wildman–Crippen LogP) is 10.5. The summed E-state index contributed by atoms with van der Waals surface area (Å²) in [5, 5.41) is 22.8. The molecule has 1 amide bonds. The molecule has 1 saturated carbocycles. The average Bonchev–Trinajstić information content (AvgIpc) is 4.00. The van der Waals surface area contributed by atoms with E-state index in [1.165, 1.54) is 36.7 Å². The monoisotopic (exact) mass is 1140 g/mol. The van der Waals surface area contributed by atoms with Gasteiger partial charge in [-0.2, -0.15) is 8.42 Å². The first-order valence-corrected chi connectivity index (χ1v) is 25.7. The van der Waals surface area contributed by atoms with Crippen molar-refractivity contribution in [1.29, 1.82) is 0 Å². The van der Waals surface area contributed by atoms with Crippen LogP contribution < -0.4 is 14.8 Å². The van der Waals surface area contributed by atoms with Crippen molar-refractivity contribution in [3.8, 4) is 23.8 Å². The van der Waals surface area contributed by atoms with Gasteiger partial charge in [0, 0.05) is 29.6 Å². The summed E-state index contributed by atoms with van der Waals surface area (Å²) in [6, 6.07) is 8.53. The van der Waals surface area contributed by atoms with Crippen LogP contribution in [0.2, 0.25) is 0 Å². The second-order valence-electron chi connectivity index (χ2n) is 18.2. The Morgan fingerprint density at radius 1 is 0.855 bits per heavy atom. The van der Waals surface area contributed by atoms with Crippen LogP contribution in [0.25, 0.3) is 0 Å². The first kappa shape index (κ1) is 58.5. The molecule has 1 heterocycles. The van der Waals surface area contributed by atoms with Crippen LogP contribution >= 0.6 is 63.7 Å². The third-order valence-electron chi connectivity index (χ3n) is 9.10. The number of halogens is 4. The van der Waals surface area contributed by atoms with Gasteiger partial charge in [-0.25, -0.2) is 0 Å². The predicted molar refractivity (Wildman–Crippen MR) is 266 cm³/mol. The largest absolute Gasteiger partial charge is 0.489 e. The molecule has 2 unspecified atom stereocenters. The van der Waals surface area contributed by atoms with Gasteiger partial charge in [0.1, 0.15) is 37.4 Å². The second-order valence-corrected chi connectivity index (χ2v) is 23.2. The van der Waals surface area contributed by atoms with E-state index in [4.69, 9.17) is 20.6 Å². The Morgan fingerprint density at radius 2 is 1.29 bits per heavy atom. The minimum absolute atomic E-state index is 0.0837. The lowest BCUT2D eigenvalue weighted by molar-refractivity contribution is -0.117. The fourth-order valence-electron chi connectivity index (χ4n) is 6.22. The molecule has 16 heteroatoms. The molecule has 62 heavy (non-hydrogen) atoms. The third kappa shape index (κ3) is 23.1. The SMILES string of the molecule is C#CCOCC(O)COc1c(Br)cc(C2(c3cc(Br)c(OCC(O)CC)c(Br)c3)CCCCC2)cc1Br.C=CC(=O)NC(C)(C)C.CC(C)(C)N1CC1.CC(C)(C)OS(C)(=O)=O. The molecule has 0 spiro atoms. The standard InChI is InChI=1S/C28H32Br4O5.C7H13NO.C6H13N.C5H12O3S/c1-3-10-35-15-21(34)17-37-27-24(31)13-19(14-25(27)32)28(8-6-5-7-9-28)18-11-22(29)26(23(30)12-18)36-16-20(33)4-2;1-5-6(9)8-7(2,3)4;1-6(2,3)7-4-5-7;1-5(2,3)8-9(4,6)7/h1,11-14,20-21,33-34H,4-10,15-17H2,2H3;5H,1H2,2-4H3,(H,8,9);4-5H2,1-3H3;1-4H3. The maximum atomic E-state index is 10.6. The topological polar surface area (TPSA) is 144 Å². The summed E-state index contributed by atoms with van der Waals surface area (Å²) >= 11 is 14.8. The number of nitrogens with zero attached hydrogens (tertiary/aromatic N) is 1. The van der Waals surface area contributed by atoms with E-state index in [0.29, 0.717) is 23.5 Å². The summed E-state index contributed by atoms with van der Waals surface area (Å²) in [7, 11) is -3.28. The van der Waals surface area contributed by atoms with Gasteiger partial charge in [0.2, 0.25) is 5.91 Å². The van der Waals surface area contributed by atoms with Crippen molar-refractivity contribution in [2.75, 3.05) is 45.8 Å². The number of carbonyl (C=O) groups excluding carboxylic acids is 1. The lowest BCUT2D eigenvalue weighted by Crippen LogP contribution is -2.39. The zero-order valence-corrected chi connectivity index (χ0v) is 45.6. The number of terminal acetylenes is 1. The van der Waals surface area contributed by atoms with Crippen LogP contribution in [0, 0.1) is 12.3 Å². The Morgan fingerprint density at radius 3 is 1.56 bits per heavy atom. The Labute approximate surface area is 406 Å². The maximum absolute atomic E-state index is 10.6.